The van der Waals surface area contributed by atoms with E-state index in [0.717, 1.165) is 25.0 Å². The first-order valence-corrected chi connectivity index (χ1v) is 6.02. The van der Waals surface area contributed by atoms with Crippen molar-refractivity contribution in [2.24, 2.45) is 0 Å². The first-order valence-electron chi connectivity index (χ1n) is 6.02. The van der Waals surface area contributed by atoms with Gasteiger partial charge in [0.05, 0.1) is 11.4 Å². The van der Waals surface area contributed by atoms with Crippen LogP contribution < -0.4 is 5.32 Å². The van der Waals surface area contributed by atoms with Crippen LogP contribution in [0.15, 0.2) is 18.3 Å². The molecule has 0 saturated heterocycles. The van der Waals surface area contributed by atoms with Crippen LogP contribution in [0.5, 0.6) is 0 Å². The minimum Gasteiger partial charge on any atom is -0.353 e. The van der Waals surface area contributed by atoms with Crippen LogP contribution in [0.2, 0.25) is 0 Å². The summed E-state index contributed by atoms with van der Waals surface area (Å²) in [7, 11) is 0. The fraction of sp³-hybridized carbons (Fsp3) is 0.308. The average molecular weight is 267 g/mol. The van der Waals surface area contributed by atoms with Crippen LogP contribution in [0.3, 0.4) is 0 Å². The molecule has 2 aromatic rings. The first kappa shape index (κ1) is 12.1. The Morgan fingerprint density at radius 1 is 1.21 bits per heavy atom. The van der Waals surface area contributed by atoms with Gasteiger partial charge < -0.3 is 5.32 Å². The van der Waals surface area contributed by atoms with Gasteiger partial charge in [-0.05, 0) is 19.8 Å². The number of hydrogen-bond donors (Lipinski definition) is 1. The number of nitrogens with one attached hydrogen (secondary N) is 1. The van der Waals surface area contributed by atoms with Gasteiger partial charge in [-0.15, -0.1) is 0 Å². The van der Waals surface area contributed by atoms with Crippen molar-refractivity contribution in [1.82, 2.24) is 9.55 Å². The van der Waals surface area contributed by atoms with E-state index in [1.807, 2.05) is 0 Å². The molecule has 1 fully saturated rings. The Morgan fingerprint density at radius 2 is 1.84 bits per heavy atom. The summed E-state index contributed by atoms with van der Waals surface area (Å²) in [6.07, 6.45) is 3.76. The molecule has 0 bridgehead atoms. The third-order valence-electron chi connectivity index (χ3n) is 2.98. The Bertz CT molecular complexity index is 609. The molecule has 0 unspecified atom stereocenters. The Hall–Kier alpha value is -1.98. The van der Waals surface area contributed by atoms with Gasteiger partial charge in [0.25, 0.3) is 0 Å². The predicted molar refractivity (Wildman–Crippen MR) is 64.8 cm³/mol. The van der Waals surface area contributed by atoms with E-state index in [2.05, 4.69) is 10.3 Å². The van der Waals surface area contributed by atoms with Gasteiger partial charge in [0.1, 0.15) is 0 Å². The van der Waals surface area contributed by atoms with Crippen LogP contribution in [-0.2, 0) is 0 Å². The zero-order valence-corrected chi connectivity index (χ0v) is 10.3. The molecule has 3 rings (SSSR count). The van der Waals surface area contributed by atoms with Crippen molar-refractivity contribution in [3.05, 3.63) is 41.5 Å². The van der Waals surface area contributed by atoms with Gasteiger partial charge in [-0.1, -0.05) is 0 Å². The Balaban J connectivity index is 2.05. The van der Waals surface area contributed by atoms with Gasteiger partial charge in [0, 0.05) is 24.4 Å². The largest absolute Gasteiger partial charge is 0.353 e. The molecule has 1 aromatic heterocycles. The topological polar surface area (TPSA) is 29.9 Å². The molecule has 0 atom stereocenters. The lowest BCUT2D eigenvalue weighted by atomic mass is 10.3. The molecule has 0 spiro atoms. The van der Waals surface area contributed by atoms with Crippen molar-refractivity contribution in [2.75, 3.05) is 5.32 Å². The lowest BCUT2D eigenvalue weighted by Crippen LogP contribution is -2.08. The molecule has 1 saturated carbocycles. The molecule has 0 amide bonds. The SMILES string of the molecule is Cc1cn(-c2cc(F)c(F)c(F)c2)c(NC2CC2)n1. The summed E-state index contributed by atoms with van der Waals surface area (Å²) in [5.41, 5.74) is 0.924. The van der Waals surface area contributed by atoms with Crippen molar-refractivity contribution >= 4 is 5.95 Å². The highest BCUT2D eigenvalue weighted by atomic mass is 19.2. The second-order valence-electron chi connectivity index (χ2n) is 4.72. The van der Waals surface area contributed by atoms with Gasteiger partial charge in [-0.2, -0.15) is 0 Å². The molecule has 19 heavy (non-hydrogen) atoms. The van der Waals surface area contributed by atoms with Crippen molar-refractivity contribution in [3.8, 4) is 5.69 Å². The number of hydrogen-bond acceptors (Lipinski definition) is 2. The maximum Gasteiger partial charge on any atom is 0.207 e. The van der Waals surface area contributed by atoms with Crippen LogP contribution in [0, 0.1) is 24.4 Å². The molecule has 0 aliphatic heterocycles. The molecular formula is C13H12F3N3. The Morgan fingerprint density at radius 3 is 2.42 bits per heavy atom. The molecule has 1 aliphatic carbocycles. The zero-order valence-electron chi connectivity index (χ0n) is 10.3. The zero-order chi connectivity index (χ0) is 13.6. The van der Waals surface area contributed by atoms with E-state index in [0.29, 0.717) is 17.7 Å². The summed E-state index contributed by atoms with van der Waals surface area (Å²) >= 11 is 0. The molecule has 6 heteroatoms. The summed E-state index contributed by atoms with van der Waals surface area (Å²) in [5, 5.41) is 3.17. The van der Waals surface area contributed by atoms with Crippen LogP contribution in [0.1, 0.15) is 18.5 Å². The first-order chi connectivity index (χ1) is 9.04. The Kier molecular flexibility index (Phi) is 2.73. The third-order valence-corrected chi connectivity index (χ3v) is 2.98. The molecule has 3 nitrogen and oxygen atoms in total. The second-order valence-corrected chi connectivity index (χ2v) is 4.72. The van der Waals surface area contributed by atoms with E-state index in [-0.39, 0.29) is 5.69 Å². The summed E-state index contributed by atoms with van der Waals surface area (Å²) in [4.78, 5) is 4.26. The van der Waals surface area contributed by atoms with E-state index in [1.54, 1.807) is 13.1 Å². The number of aryl methyl sites for hydroxylation is 1. The number of aromatic nitrogens is 2. The van der Waals surface area contributed by atoms with Crippen LogP contribution in [0.25, 0.3) is 5.69 Å². The maximum absolute atomic E-state index is 13.3. The van der Waals surface area contributed by atoms with Gasteiger partial charge in [-0.3, -0.25) is 4.57 Å². The highest BCUT2D eigenvalue weighted by Gasteiger charge is 2.23. The molecule has 1 aliphatic rings. The summed E-state index contributed by atoms with van der Waals surface area (Å²) in [5.74, 6) is -3.36. The average Bonchev–Trinajstić information content (AvgIpc) is 3.08. The molecule has 100 valence electrons. The molecule has 1 heterocycles. The molecule has 1 N–H and O–H groups in total. The van der Waals surface area contributed by atoms with Crippen LogP contribution >= 0.6 is 0 Å². The van der Waals surface area contributed by atoms with Crippen LogP contribution in [0.4, 0.5) is 19.1 Å². The summed E-state index contributed by atoms with van der Waals surface area (Å²) < 4.78 is 41.0. The number of benzene rings is 1. The fourth-order valence-electron chi connectivity index (χ4n) is 1.89. The lowest BCUT2D eigenvalue weighted by Gasteiger charge is -2.09. The monoisotopic (exact) mass is 267 g/mol. The van der Waals surface area contributed by atoms with E-state index >= 15 is 0 Å². The summed E-state index contributed by atoms with van der Waals surface area (Å²) in [6.45, 7) is 1.78. The van der Waals surface area contributed by atoms with Gasteiger partial charge in [0.2, 0.25) is 5.95 Å². The van der Waals surface area contributed by atoms with E-state index in [9.17, 15) is 13.2 Å². The predicted octanol–water partition coefficient (Wildman–Crippen LogP) is 3.17. The number of rotatable bonds is 3. The third kappa shape index (κ3) is 2.30. The lowest BCUT2D eigenvalue weighted by molar-refractivity contribution is 0.446. The van der Waals surface area contributed by atoms with Crippen molar-refractivity contribution < 1.29 is 13.2 Å². The number of nitrogens with zero attached hydrogens (tertiary/aromatic N) is 2. The highest BCUT2D eigenvalue weighted by Crippen LogP contribution is 2.27. The minimum absolute atomic E-state index is 0.208. The van der Waals surface area contributed by atoms with Crippen molar-refractivity contribution in [3.63, 3.8) is 0 Å². The standard InChI is InChI=1S/C13H12F3N3/c1-7-6-19(13(17-7)18-8-2-3-8)9-4-10(14)12(16)11(15)5-9/h4-6,8H,2-3H2,1H3,(H,17,18). The van der Waals surface area contributed by atoms with E-state index in [4.69, 9.17) is 0 Å². The second kappa shape index (κ2) is 4.29. The van der Waals surface area contributed by atoms with Gasteiger partial charge >= 0.3 is 0 Å². The van der Waals surface area contributed by atoms with Gasteiger partial charge in [-0.25, -0.2) is 18.2 Å². The maximum atomic E-state index is 13.3. The normalized spacial score (nSPS) is 14.7. The Labute approximate surface area is 108 Å². The van der Waals surface area contributed by atoms with E-state index in [1.165, 1.54) is 4.57 Å². The fourth-order valence-corrected chi connectivity index (χ4v) is 1.89. The molecule has 0 radical (unpaired) electrons. The van der Waals surface area contributed by atoms with E-state index < -0.39 is 17.5 Å². The molecule has 1 aromatic carbocycles. The smallest absolute Gasteiger partial charge is 0.207 e. The molecular weight excluding hydrogens is 255 g/mol. The van der Waals surface area contributed by atoms with Crippen molar-refractivity contribution in [1.29, 1.82) is 0 Å². The van der Waals surface area contributed by atoms with Gasteiger partial charge in [0.15, 0.2) is 17.5 Å². The quantitative estimate of drug-likeness (QED) is 0.866. The number of anilines is 1. The number of halogens is 3. The number of imidazole rings is 1. The van der Waals surface area contributed by atoms with Crippen molar-refractivity contribution in [2.45, 2.75) is 25.8 Å². The summed E-state index contributed by atoms with van der Waals surface area (Å²) in [6, 6.07) is 2.27. The highest BCUT2D eigenvalue weighted by molar-refractivity contribution is 5.44. The van der Waals surface area contributed by atoms with Crippen LogP contribution in [-0.4, -0.2) is 15.6 Å². The minimum atomic E-state index is -1.46.